The molecule has 3 N–H and O–H groups in total. The molecule has 4 heterocycles. The maximum atomic E-state index is 14.0. The number of nitrogens with zero attached hydrogens (tertiary/aromatic N) is 2. The summed E-state index contributed by atoms with van der Waals surface area (Å²) in [6.07, 6.45) is 3.73. The molecule has 0 radical (unpaired) electrons. The second kappa shape index (κ2) is 15.2. The van der Waals surface area contributed by atoms with E-state index in [-0.39, 0.29) is 55.9 Å². The first-order chi connectivity index (χ1) is 21.3. The van der Waals surface area contributed by atoms with Crippen LogP contribution < -0.4 is 16.0 Å². The van der Waals surface area contributed by atoms with Crippen LogP contribution in [-0.4, -0.2) is 123 Å². The van der Waals surface area contributed by atoms with Crippen molar-refractivity contribution < 1.29 is 37.8 Å². The zero-order chi connectivity index (χ0) is 30.9. The van der Waals surface area contributed by atoms with Gasteiger partial charge < -0.3 is 40.0 Å². The number of fused-ring (bicyclic) bond motifs is 1. The third-order valence-electron chi connectivity index (χ3n) is 9.06. The highest BCUT2D eigenvalue weighted by molar-refractivity contribution is 5.94. The van der Waals surface area contributed by atoms with Crippen LogP contribution in [0, 0.1) is 5.82 Å². The largest absolute Gasteiger partial charge is 0.381 e. The second-order valence-corrected chi connectivity index (χ2v) is 12.1. The van der Waals surface area contributed by atoms with Crippen molar-refractivity contribution >= 4 is 23.6 Å². The number of carbonyl (C=O) groups is 4. The first kappa shape index (κ1) is 32.3. The molecule has 4 saturated heterocycles. The van der Waals surface area contributed by atoms with Crippen molar-refractivity contribution in [3.8, 4) is 0 Å². The average Bonchev–Trinajstić information content (AvgIpc) is 3.02. The van der Waals surface area contributed by atoms with E-state index < -0.39 is 17.4 Å². The first-order valence-electron chi connectivity index (χ1n) is 15.7. The van der Waals surface area contributed by atoms with Crippen LogP contribution in [0.3, 0.4) is 0 Å². The number of halogens is 1. The lowest BCUT2D eigenvalue weighted by atomic mass is 9.82. The maximum absolute atomic E-state index is 14.0. The van der Waals surface area contributed by atoms with Crippen LogP contribution in [0.1, 0.15) is 55.3 Å². The highest BCUT2D eigenvalue weighted by atomic mass is 19.1. The lowest BCUT2D eigenvalue weighted by molar-refractivity contribution is -0.145. The van der Waals surface area contributed by atoms with Gasteiger partial charge in [-0.05, 0) is 62.8 Å². The highest BCUT2D eigenvalue weighted by Crippen LogP contribution is 2.30. The van der Waals surface area contributed by atoms with Gasteiger partial charge in [0, 0.05) is 57.0 Å². The molecule has 0 aliphatic carbocycles. The Bertz CT molecular complexity index is 1150. The van der Waals surface area contributed by atoms with Gasteiger partial charge in [0.25, 0.3) is 5.91 Å². The van der Waals surface area contributed by atoms with Gasteiger partial charge in [-0.2, -0.15) is 0 Å². The average molecular weight is 618 g/mol. The van der Waals surface area contributed by atoms with E-state index >= 15 is 0 Å². The molecule has 2 atom stereocenters. The van der Waals surface area contributed by atoms with Gasteiger partial charge in [0.15, 0.2) is 0 Å². The fourth-order valence-corrected chi connectivity index (χ4v) is 6.59. The van der Waals surface area contributed by atoms with Crippen LogP contribution >= 0.6 is 0 Å². The van der Waals surface area contributed by atoms with Gasteiger partial charge in [0.2, 0.25) is 17.7 Å². The van der Waals surface area contributed by atoms with E-state index in [1.165, 1.54) is 24.3 Å². The number of nitrogens with one attached hydrogen (secondary N) is 3. The van der Waals surface area contributed by atoms with E-state index in [4.69, 9.17) is 14.2 Å². The quantitative estimate of drug-likeness (QED) is 0.449. The summed E-state index contributed by atoms with van der Waals surface area (Å²) in [6.45, 7) is 3.36. The van der Waals surface area contributed by atoms with Crippen LogP contribution in [0.4, 0.5) is 4.39 Å². The van der Waals surface area contributed by atoms with E-state index in [1.54, 1.807) is 9.80 Å². The Morgan fingerprint density at radius 1 is 0.886 bits per heavy atom. The van der Waals surface area contributed by atoms with Crippen molar-refractivity contribution in [2.45, 2.75) is 68.6 Å². The molecule has 4 aliphatic rings. The predicted molar refractivity (Wildman–Crippen MR) is 157 cm³/mol. The fraction of sp³-hybridized carbons (Fsp3) is 0.677. The molecule has 0 saturated carbocycles. The number of rotatable bonds is 3. The van der Waals surface area contributed by atoms with Crippen molar-refractivity contribution in [3.63, 3.8) is 0 Å². The minimum atomic E-state index is -0.914. The minimum Gasteiger partial charge on any atom is -0.381 e. The summed E-state index contributed by atoms with van der Waals surface area (Å²) in [5.41, 5.74) is -0.537. The normalized spacial score (nSPS) is 26.5. The lowest BCUT2D eigenvalue weighted by Crippen LogP contribution is -2.62. The monoisotopic (exact) mass is 617 g/mol. The smallest absolute Gasteiger partial charge is 0.253 e. The van der Waals surface area contributed by atoms with Crippen LogP contribution in [0.2, 0.25) is 0 Å². The first-order valence-corrected chi connectivity index (χ1v) is 15.7. The molecule has 4 amide bonds. The summed E-state index contributed by atoms with van der Waals surface area (Å²) in [5, 5.41) is 9.69. The van der Waals surface area contributed by atoms with Crippen molar-refractivity contribution in [1.29, 1.82) is 0 Å². The summed E-state index contributed by atoms with van der Waals surface area (Å²) < 4.78 is 29.9. The Labute approximate surface area is 257 Å². The molecule has 5 rings (SSSR count). The molecule has 4 fully saturated rings. The number of likely N-dealkylation sites (tertiary alicyclic amines) is 1. The van der Waals surface area contributed by atoms with Crippen LogP contribution in [0.15, 0.2) is 24.3 Å². The number of ether oxygens (including phenoxy) is 3. The molecular formula is C31H44FN5O7. The van der Waals surface area contributed by atoms with Crippen molar-refractivity contribution in [2.24, 2.45) is 0 Å². The van der Waals surface area contributed by atoms with Gasteiger partial charge in [-0.15, -0.1) is 0 Å². The number of piperidine rings is 2. The number of carbonyl (C=O) groups excluding carboxylic acids is 4. The molecule has 4 aliphatic heterocycles. The third kappa shape index (κ3) is 8.52. The molecule has 1 aromatic carbocycles. The Morgan fingerprint density at radius 2 is 1.59 bits per heavy atom. The van der Waals surface area contributed by atoms with E-state index in [2.05, 4.69) is 16.0 Å². The molecule has 13 heteroatoms. The van der Waals surface area contributed by atoms with Crippen LogP contribution in [0.25, 0.3) is 0 Å². The van der Waals surface area contributed by atoms with Gasteiger partial charge in [-0.3, -0.25) is 19.2 Å². The second-order valence-electron chi connectivity index (χ2n) is 12.1. The standard InChI is InChI=1S/C31H44FN5O7/c32-23-3-1-22(2-4-23)30(41)36-12-8-31(9-13-36)20-28(39)37-11-5-25(34-24-6-14-42-15-7-24)19-26(37)29(40)33-10-16-43-17-18-44-21-27(38)35-31/h1-4,24-26,34H,5-21H2,(H,33,40)(H,35,38)/t25-,26+/m1/s1. The number of hydrogen-bond donors (Lipinski definition) is 3. The summed E-state index contributed by atoms with van der Waals surface area (Å²) in [4.78, 5) is 56.9. The summed E-state index contributed by atoms with van der Waals surface area (Å²) in [5.74, 6) is -1.43. The maximum Gasteiger partial charge on any atom is 0.253 e. The molecule has 0 bridgehead atoms. The van der Waals surface area contributed by atoms with Crippen LogP contribution in [0.5, 0.6) is 0 Å². The van der Waals surface area contributed by atoms with E-state index in [1.807, 2.05) is 0 Å². The molecule has 1 spiro atoms. The zero-order valence-electron chi connectivity index (χ0n) is 25.2. The summed E-state index contributed by atoms with van der Waals surface area (Å²) in [7, 11) is 0. The number of amides is 4. The Kier molecular flexibility index (Phi) is 11.2. The topological polar surface area (TPSA) is 139 Å². The van der Waals surface area contributed by atoms with Crippen molar-refractivity contribution in [1.82, 2.24) is 25.8 Å². The van der Waals surface area contributed by atoms with Crippen molar-refractivity contribution in [3.05, 3.63) is 35.6 Å². The molecule has 44 heavy (non-hydrogen) atoms. The minimum absolute atomic E-state index is 0.00225. The number of benzene rings is 1. The van der Waals surface area contributed by atoms with Crippen molar-refractivity contribution in [2.75, 3.05) is 65.8 Å². The zero-order valence-corrected chi connectivity index (χ0v) is 25.2. The van der Waals surface area contributed by atoms with Crippen LogP contribution in [-0.2, 0) is 28.6 Å². The molecule has 0 unspecified atom stereocenters. The highest BCUT2D eigenvalue weighted by Gasteiger charge is 2.43. The summed E-state index contributed by atoms with van der Waals surface area (Å²) in [6, 6.07) is 5.16. The van der Waals surface area contributed by atoms with Gasteiger partial charge in [0.05, 0.1) is 31.8 Å². The third-order valence-corrected chi connectivity index (χ3v) is 9.06. The lowest BCUT2D eigenvalue weighted by Gasteiger charge is -2.45. The van der Waals surface area contributed by atoms with E-state index in [0.29, 0.717) is 83.3 Å². The van der Waals surface area contributed by atoms with Gasteiger partial charge in [-0.1, -0.05) is 0 Å². The predicted octanol–water partition coefficient (Wildman–Crippen LogP) is 0.598. The molecule has 12 nitrogen and oxygen atoms in total. The van der Waals surface area contributed by atoms with E-state index in [9.17, 15) is 23.6 Å². The van der Waals surface area contributed by atoms with Gasteiger partial charge >= 0.3 is 0 Å². The molecule has 0 aromatic heterocycles. The Hall–Kier alpha value is -3.13. The molecular weight excluding hydrogens is 573 g/mol. The van der Waals surface area contributed by atoms with Gasteiger partial charge in [-0.25, -0.2) is 4.39 Å². The summed E-state index contributed by atoms with van der Waals surface area (Å²) >= 11 is 0. The SMILES string of the molecule is O=C1COCCOCCNC(=O)[C@@H]2C[C@H](NC3CCOCC3)CCN2C(=O)CC2(CCN(C(=O)c3ccc(F)cc3)CC2)N1. The van der Waals surface area contributed by atoms with Gasteiger partial charge in [0.1, 0.15) is 18.5 Å². The Balaban J connectivity index is 1.30. The molecule has 1 aromatic rings. The fourth-order valence-electron chi connectivity index (χ4n) is 6.59. The Morgan fingerprint density at radius 3 is 2.34 bits per heavy atom. The van der Waals surface area contributed by atoms with E-state index in [0.717, 1.165) is 12.8 Å². The molecule has 242 valence electrons. The number of hydrogen-bond acceptors (Lipinski definition) is 8.